The molecule has 4 nitrogen and oxygen atoms in total. The van der Waals surface area contributed by atoms with Crippen LogP contribution in [-0.4, -0.2) is 40.6 Å². The third-order valence-electron chi connectivity index (χ3n) is 3.92. The van der Waals surface area contributed by atoms with Crippen molar-refractivity contribution >= 4 is 5.91 Å². The summed E-state index contributed by atoms with van der Waals surface area (Å²) in [4.78, 5) is 14.0. The standard InChI is InChI=1S/C13H26N2O2/c1-4-10(2)11(14)12(16)15-8-5-6-13(3,17)7-9-15/h10-11,17H,4-9,14H2,1-3H3/t10-,11-,13?/m0/s1. The predicted octanol–water partition coefficient (Wildman–Crippen LogP) is 1.12. The molecular weight excluding hydrogens is 216 g/mol. The van der Waals surface area contributed by atoms with E-state index in [0.717, 1.165) is 25.8 Å². The van der Waals surface area contributed by atoms with Gasteiger partial charge in [-0.1, -0.05) is 20.3 Å². The van der Waals surface area contributed by atoms with E-state index in [2.05, 4.69) is 0 Å². The zero-order valence-corrected chi connectivity index (χ0v) is 11.3. The molecule has 1 rings (SSSR count). The van der Waals surface area contributed by atoms with Gasteiger partial charge in [0.1, 0.15) is 0 Å². The SMILES string of the molecule is CC[C@H](C)[C@H](N)C(=O)N1CCCC(C)(O)CC1. The van der Waals surface area contributed by atoms with Gasteiger partial charge in [-0.05, 0) is 32.1 Å². The number of carbonyl (C=O) groups is 1. The lowest BCUT2D eigenvalue weighted by Gasteiger charge is -2.27. The minimum Gasteiger partial charge on any atom is -0.390 e. The number of likely N-dealkylation sites (tertiary alicyclic amines) is 1. The molecule has 1 fully saturated rings. The van der Waals surface area contributed by atoms with E-state index < -0.39 is 11.6 Å². The molecule has 0 aliphatic carbocycles. The zero-order chi connectivity index (χ0) is 13.1. The number of hydrogen-bond acceptors (Lipinski definition) is 3. The minimum atomic E-state index is -0.629. The van der Waals surface area contributed by atoms with Crippen LogP contribution in [0.1, 0.15) is 46.5 Å². The number of hydrogen-bond donors (Lipinski definition) is 2. The van der Waals surface area contributed by atoms with Gasteiger partial charge in [-0.25, -0.2) is 0 Å². The Labute approximate surface area is 104 Å². The Balaban J connectivity index is 2.58. The Kier molecular flexibility index (Phi) is 4.95. The van der Waals surface area contributed by atoms with Crippen LogP contribution in [0.15, 0.2) is 0 Å². The van der Waals surface area contributed by atoms with Crippen molar-refractivity contribution in [2.24, 2.45) is 11.7 Å². The molecule has 1 heterocycles. The van der Waals surface area contributed by atoms with Crippen molar-refractivity contribution in [2.75, 3.05) is 13.1 Å². The number of carbonyl (C=O) groups excluding carboxylic acids is 1. The van der Waals surface area contributed by atoms with Crippen LogP contribution in [-0.2, 0) is 4.79 Å². The summed E-state index contributed by atoms with van der Waals surface area (Å²) in [6.45, 7) is 7.24. The molecule has 0 bridgehead atoms. The van der Waals surface area contributed by atoms with E-state index in [9.17, 15) is 9.90 Å². The van der Waals surface area contributed by atoms with E-state index >= 15 is 0 Å². The monoisotopic (exact) mass is 242 g/mol. The van der Waals surface area contributed by atoms with Gasteiger partial charge in [0, 0.05) is 13.1 Å². The highest BCUT2D eigenvalue weighted by Crippen LogP contribution is 2.22. The van der Waals surface area contributed by atoms with Crippen molar-refractivity contribution < 1.29 is 9.90 Å². The lowest BCUT2D eigenvalue weighted by atomic mass is 9.98. The zero-order valence-electron chi connectivity index (χ0n) is 11.3. The molecule has 17 heavy (non-hydrogen) atoms. The normalized spacial score (nSPS) is 29.6. The van der Waals surface area contributed by atoms with Crippen molar-refractivity contribution in [2.45, 2.75) is 58.1 Å². The molecule has 3 atom stereocenters. The topological polar surface area (TPSA) is 66.6 Å². The van der Waals surface area contributed by atoms with E-state index in [1.165, 1.54) is 0 Å². The van der Waals surface area contributed by atoms with Gasteiger partial charge in [0.05, 0.1) is 11.6 Å². The molecule has 0 spiro atoms. The smallest absolute Gasteiger partial charge is 0.239 e. The summed E-state index contributed by atoms with van der Waals surface area (Å²) < 4.78 is 0. The molecular formula is C13H26N2O2. The van der Waals surface area contributed by atoms with Crippen LogP contribution in [0.5, 0.6) is 0 Å². The van der Waals surface area contributed by atoms with Gasteiger partial charge in [-0.2, -0.15) is 0 Å². The average molecular weight is 242 g/mol. The summed E-state index contributed by atoms with van der Waals surface area (Å²) in [5, 5.41) is 9.98. The van der Waals surface area contributed by atoms with E-state index in [-0.39, 0.29) is 11.8 Å². The molecule has 0 aromatic rings. The summed E-state index contributed by atoms with van der Waals surface area (Å²) in [6.07, 6.45) is 3.17. The molecule has 1 unspecified atom stereocenters. The highest BCUT2D eigenvalue weighted by atomic mass is 16.3. The van der Waals surface area contributed by atoms with Crippen LogP contribution < -0.4 is 5.73 Å². The maximum absolute atomic E-state index is 12.2. The van der Waals surface area contributed by atoms with Crippen molar-refractivity contribution in [3.05, 3.63) is 0 Å². The number of nitrogens with zero attached hydrogens (tertiary/aromatic N) is 1. The van der Waals surface area contributed by atoms with Crippen molar-refractivity contribution in [3.8, 4) is 0 Å². The van der Waals surface area contributed by atoms with Crippen LogP contribution in [0.2, 0.25) is 0 Å². The predicted molar refractivity (Wildman–Crippen MR) is 68.5 cm³/mol. The Hall–Kier alpha value is -0.610. The largest absolute Gasteiger partial charge is 0.390 e. The molecule has 4 heteroatoms. The van der Waals surface area contributed by atoms with Crippen LogP contribution >= 0.6 is 0 Å². The van der Waals surface area contributed by atoms with E-state index in [4.69, 9.17) is 5.73 Å². The van der Waals surface area contributed by atoms with Crippen LogP contribution in [0.4, 0.5) is 0 Å². The number of amides is 1. The molecule has 1 aliphatic rings. The van der Waals surface area contributed by atoms with Crippen molar-refractivity contribution in [1.82, 2.24) is 4.90 Å². The Morgan fingerprint density at radius 1 is 1.47 bits per heavy atom. The summed E-state index contributed by atoms with van der Waals surface area (Å²) in [6, 6.07) is -0.400. The van der Waals surface area contributed by atoms with Gasteiger partial charge < -0.3 is 15.7 Å². The molecule has 100 valence electrons. The fraction of sp³-hybridized carbons (Fsp3) is 0.923. The molecule has 1 saturated heterocycles. The molecule has 0 aromatic heterocycles. The third kappa shape index (κ3) is 3.96. The fourth-order valence-electron chi connectivity index (χ4n) is 2.19. The first-order valence-corrected chi connectivity index (χ1v) is 6.64. The summed E-state index contributed by atoms with van der Waals surface area (Å²) >= 11 is 0. The van der Waals surface area contributed by atoms with Crippen LogP contribution in [0.3, 0.4) is 0 Å². The van der Waals surface area contributed by atoms with Crippen molar-refractivity contribution in [3.63, 3.8) is 0 Å². The first-order chi connectivity index (χ1) is 7.87. The Morgan fingerprint density at radius 2 is 2.12 bits per heavy atom. The molecule has 1 aliphatic heterocycles. The van der Waals surface area contributed by atoms with E-state index in [1.54, 1.807) is 0 Å². The molecule has 1 amide bonds. The second-order valence-electron chi connectivity index (χ2n) is 5.59. The molecule has 0 saturated carbocycles. The number of nitrogens with two attached hydrogens (primary N) is 1. The van der Waals surface area contributed by atoms with Gasteiger partial charge in [0.15, 0.2) is 0 Å². The fourth-order valence-corrected chi connectivity index (χ4v) is 2.19. The number of rotatable bonds is 3. The van der Waals surface area contributed by atoms with Gasteiger partial charge >= 0.3 is 0 Å². The lowest BCUT2D eigenvalue weighted by molar-refractivity contribution is -0.133. The maximum Gasteiger partial charge on any atom is 0.239 e. The second kappa shape index (κ2) is 5.83. The summed E-state index contributed by atoms with van der Waals surface area (Å²) in [5.74, 6) is 0.253. The maximum atomic E-state index is 12.2. The summed E-state index contributed by atoms with van der Waals surface area (Å²) in [5.41, 5.74) is 5.34. The van der Waals surface area contributed by atoms with Crippen LogP contribution in [0, 0.1) is 5.92 Å². The van der Waals surface area contributed by atoms with Gasteiger partial charge in [0.25, 0.3) is 0 Å². The first kappa shape index (κ1) is 14.5. The Morgan fingerprint density at radius 3 is 2.71 bits per heavy atom. The first-order valence-electron chi connectivity index (χ1n) is 6.64. The van der Waals surface area contributed by atoms with Gasteiger partial charge in [-0.3, -0.25) is 4.79 Å². The molecule has 3 N–H and O–H groups in total. The second-order valence-corrected chi connectivity index (χ2v) is 5.59. The molecule has 0 radical (unpaired) electrons. The van der Waals surface area contributed by atoms with E-state index in [0.29, 0.717) is 13.0 Å². The average Bonchev–Trinajstić information content (AvgIpc) is 2.47. The van der Waals surface area contributed by atoms with Crippen molar-refractivity contribution in [1.29, 1.82) is 0 Å². The Bertz CT molecular complexity index is 266. The number of aliphatic hydroxyl groups is 1. The van der Waals surface area contributed by atoms with Gasteiger partial charge in [0.2, 0.25) is 5.91 Å². The third-order valence-corrected chi connectivity index (χ3v) is 3.92. The molecule has 0 aromatic carbocycles. The minimum absolute atomic E-state index is 0.0389. The van der Waals surface area contributed by atoms with E-state index in [1.807, 2.05) is 25.7 Å². The highest BCUT2D eigenvalue weighted by molar-refractivity contribution is 5.82. The highest BCUT2D eigenvalue weighted by Gasteiger charge is 2.30. The lowest BCUT2D eigenvalue weighted by Crippen LogP contribution is -2.47. The van der Waals surface area contributed by atoms with Crippen LogP contribution in [0.25, 0.3) is 0 Å². The summed E-state index contributed by atoms with van der Waals surface area (Å²) in [7, 11) is 0. The van der Waals surface area contributed by atoms with Gasteiger partial charge in [-0.15, -0.1) is 0 Å². The quantitative estimate of drug-likeness (QED) is 0.779.